The molecule has 1 atom stereocenters. The summed E-state index contributed by atoms with van der Waals surface area (Å²) in [5.74, 6) is 0.388. The number of anilines is 1. The predicted octanol–water partition coefficient (Wildman–Crippen LogP) is 6.82. The molecule has 0 fully saturated rings. The Bertz CT molecular complexity index is 1330. The molecule has 0 unspecified atom stereocenters. The zero-order chi connectivity index (χ0) is 22.8. The maximum atomic E-state index is 12.6. The van der Waals surface area contributed by atoms with Gasteiger partial charge in [-0.1, -0.05) is 37.6 Å². The average molecular weight is 450 g/mol. The van der Waals surface area contributed by atoms with Gasteiger partial charge in [0.05, 0.1) is 4.92 Å². The summed E-state index contributed by atoms with van der Waals surface area (Å²) in [7, 11) is 0. The maximum Gasteiger partial charge on any atom is 0.288 e. The molecule has 4 rings (SSSR count). The minimum Gasteiger partial charge on any atom is -0.436 e. The number of nitro groups is 1. The Morgan fingerprint density at radius 2 is 2.00 bits per heavy atom. The van der Waals surface area contributed by atoms with Crippen molar-refractivity contribution in [3.63, 3.8) is 0 Å². The van der Waals surface area contributed by atoms with Crippen LogP contribution >= 0.6 is 11.6 Å². The SMILES string of the molecule is CC[C@H](C)c1ccc2oc(-c3cccc(NC(=O)c4ccc(Cl)c([N+](=O)[O-])c4)c3)nc2c1. The first-order chi connectivity index (χ1) is 15.4. The minimum atomic E-state index is -0.625. The standard InChI is InChI=1S/C24H20ClN3O4/c1-3-14(2)15-8-10-22-20(12-15)27-24(32-22)17-5-4-6-18(11-17)26-23(29)16-7-9-19(25)21(13-16)28(30)31/h4-14H,3H2,1-2H3,(H,26,29)/t14-/m0/s1. The summed E-state index contributed by atoms with van der Waals surface area (Å²) in [6, 6.07) is 17.0. The molecule has 0 aliphatic rings. The van der Waals surface area contributed by atoms with Crippen molar-refractivity contribution in [2.24, 2.45) is 0 Å². The summed E-state index contributed by atoms with van der Waals surface area (Å²) in [6.45, 7) is 4.31. The van der Waals surface area contributed by atoms with Crippen molar-refractivity contribution in [1.29, 1.82) is 0 Å². The Hall–Kier alpha value is -3.71. The zero-order valence-corrected chi connectivity index (χ0v) is 18.2. The number of nitrogens with zero attached hydrogens (tertiary/aromatic N) is 2. The van der Waals surface area contributed by atoms with Crippen molar-refractivity contribution in [1.82, 2.24) is 4.98 Å². The van der Waals surface area contributed by atoms with E-state index in [1.165, 1.54) is 17.7 Å². The molecule has 8 heteroatoms. The van der Waals surface area contributed by atoms with E-state index in [9.17, 15) is 14.9 Å². The number of hydrogen-bond donors (Lipinski definition) is 1. The average Bonchev–Trinajstić information content (AvgIpc) is 3.22. The summed E-state index contributed by atoms with van der Waals surface area (Å²) in [4.78, 5) is 27.7. The van der Waals surface area contributed by atoms with E-state index in [0.29, 0.717) is 28.6 Å². The fourth-order valence-corrected chi connectivity index (χ4v) is 3.52. The molecule has 0 spiro atoms. The molecule has 4 aromatic rings. The second-order valence-electron chi connectivity index (χ2n) is 7.51. The molecular formula is C24H20ClN3O4. The van der Waals surface area contributed by atoms with Gasteiger partial charge in [-0.25, -0.2) is 4.98 Å². The number of carbonyl (C=O) groups is 1. The number of benzene rings is 3. The molecule has 1 aromatic heterocycles. The van der Waals surface area contributed by atoms with E-state index in [0.717, 1.165) is 18.0 Å². The molecule has 0 aliphatic carbocycles. The number of aromatic nitrogens is 1. The van der Waals surface area contributed by atoms with E-state index in [1.807, 2.05) is 24.3 Å². The lowest BCUT2D eigenvalue weighted by atomic mass is 9.98. The molecule has 1 heterocycles. The second kappa shape index (κ2) is 8.80. The fraction of sp³-hybridized carbons (Fsp3) is 0.167. The van der Waals surface area contributed by atoms with Crippen molar-refractivity contribution < 1.29 is 14.1 Å². The molecule has 1 amide bonds. The number of hydrogen-bond acceptors (Lipinski definition) is 5. The topological polar surface area (TPSA) is 98.3 Å². The summed E-state index contributed by atoms with van der Waals surface area (Å²) >= 11 is 5.82. The van der Waals surface area contributed by atoms with E-state index in [1.54, 1.807) is 18.2 Å². The normalized spacial score (nSPS) is 12.0. The van der Waals surface area contributed by atoms with Crippen LogP contribution in [0.1, 0.15) is 42.1 Å². The maximum absolute atomic E-state index is 12.6. The van der Waals surface area contributed by atoms with E-state index in [4.69, 9.17) is 16.0 Å². The third kappa shape index (κ3) is 4.33. The van der Waals surface area contributed by atoms with Gasteiger partial charge in [0, 0.05) is 22.9 Å². The monoisotopic (exact) mass is 449 g/mol. The van der Waals surface area contributed by atoms with Gasteiger partial charge in [0.1, 0.15) is 10.5 Å². The number of oxazole rings is 1. The van der Waals surface area contributed by atoms with E-state index in [-0.39, 0.29) is 16.3 Å². The lowest BCUT2D eigenvalue weighted by Gasteiger charge is -2.07. The number of fused-ring (bicyclic) bond motifs is 1. The molecule has 0 aliphatic heterocycles. The first-order valence-corrected chi connectivity index (χ1v) is 10.5. The van der Waals surface area contributed by atoms with Gasteiger partial charge >= 0.3 is 0 Å². The van der Waals surface area contributed by atoms with E-state index >= 15 is 0 Å². The van der Waals surface area contributed by atoms with Crippen LogP contribution in [-0.2, 0) is 0 Å². The van der Waals surface area contributed by atoms with Crippen molar-refractivity contribution in [2.75, 3.05) is 5.32 Å². The third-order valence-corrected chi connectivity index (χ3v) is 5.69. The lowest BCUT2D eigenvalue weighted by molar-refractivity contribution is -0.384. The Morgan fingerprint density at radius 3 is 2.75 bits per heavy atom. The van der Waals surface area contributed by atoms with Gasteiger partial charge in [0.15, 0.2) is 5.58 Å². The largest absolute Gasteiger partial charge is 0.436 e. The van der Waals surface area contributed by atoms with E-state index < -0.39 is 10.8 Å². The Morgan fingerprint density at radius 1 is 1.19 bits per heavy atom. The lowest BCUT2D eigenvalue weighted by Crippen LogP contribution is -2.12. The Balaban J connectivity index is 1.59. The van der Waals surface area contributed by atoms with Crippen LogP contribution in [0.25, 0.3) is 22.6 Å². The summed E-state index contributed by atoms with van der Waals surface area (Å²) in [6.07, 6.45) is 1.04. The van der Waals surface area contributed by atoms with Crippen LogP contribution in [0.15, 0.2) is 65.1 Å². The number of carbonyl (C=O) groups excluding carboxylic acids is 1. The number of amides is 1. The van der Waals surface area contributed by atoms with Gasteiger partial charge in [-0.05, 0) is 60.4 Å². The molecule has 32 heavy (non-hydrogen) atoms. The van der Waals surface area contributed by atoms with Crippen LogP contribution in [0.5, 0.6) is 0 Å². The van der Waals surface area contributed by atoms with Gasteiger partial charge in [-0.3, -0.25) is 14.9 Å². The van der Waals surface area contributed by atoms with Crippen molar-refractivity contribution in [3.05, 3.63) is 86.9 Å². The van der Waals surface area contributed by atoms with Crippen molar-refractivity contribution in [3.8, 4) is 11.5 Å². The molecule has 0 saturated carbocycles. The minimum absolute atomic E-state index is 0.0269. The molecule has 162 valence electrons. The fourth-order valence-electron chi connectivity index (χ4n) is 3.34. The highest BCUT2D eigenvalue weighted by atomic mass is 35.5. The van der Waals surface area contributed by atoms with Gasteiger partial charge in [-0.15, -0.1) is 0 Å². The predicted molar refractivity (Wildman–Crippen MR) is 124 cm³/mol. The van der Waals surface area contributed by atoms with Crippen LogP contribution in [-0.4, -0.2) is 15.8 Å². The zero-order valence-electron chi connectivity index (χ0n) is 17.5. The first kappa shape index (κ1) is 21.5. The quantitative estimate of drug-likeness (QED) is 0.257. The number of halogens is 1. The molecule has 3 aromatic carbocycles. The summed E-state index contributed by atoms with van der Waals surface area (Å²) in [5.41, 5.74) is 3.69. The Labute approximate surface area is 189 Å². The highest BCUT2D eigenvalue weighted by molar-refractivity contribution is 6.32. The molecule has 1 N–H and O–H groups in total. The van der Waals surface area contributed by atoms with Crippen LogP contribution in [0.3, 0.4) is 0 Å². The molecule has 0 radical (unpaired) electrons. The number of nitro benzene ring substituents is 1. The first-order valence-electron chi connectivity index (χ1n) is 10.1. The highest BCUT2D eigenvalue weighted by Crippen LogP contribution is 2.30. The third-order valence-electron chi connectivity index (χ3n) is 5.37. The van der Waals surface area contributed by atoms with Crippen LogP contribution in [0.2, 0.25) is 5.02 Å². The summed E-state index contributed by atoms with van der Waals surface area (Å²) in [5, 5.41) is 13.8. The summed E-state index contributed by atoms with van der Waals surface area (Å²) < 4.78 is 5.91. The highest BCUT2D eigenvalue weighted by Gasteiger charge is 2.17. The van der Waals surface area contributed by atoms with Crippen molar-refractivity contribution >= 4 is 40.0 Å². The Kier molecular flexibility index (Phi) is 5.92. The van der Waals surface area contributed by atoms with Crippen LogP contribution in [0, 0.1) is 10.1 Å². The molecule has 0 bridgehead atoms. The second-order valence-corrected chi connectivity index (χ2v) is 7.92. The van der Waals surface area contributed by atoms with Gasteiger partial charge in [0.25, 0.3) is 11.6 Å². The molecule has 7 nitrogen and oxygen atoms in total. The van der Waals surface area contributed by atoms with Gasteiger partial charge in [0.2, 0.25) is 5.89 Å². The number of rotatable bonds is 6. The number of nitrogens with one attached hydrogen (secondary N) is 1. The van der Waals surface area contributed by atoms with Crippen LogP contribution < -0.4 is 5.32 Å². The molecule has 0 saturated heterocycles. The van der Waals surface area contributed by atoms with E-state index in [2.05, 4.69) is 24.1 Å². The van der Waals surface area contributed by atoms with Gasteiger partial charge in [-0.2, -0.15) is 0 Å². The molecular weight excluding hydrogens is 430 g/mol. The van der Waals surface area contributed by atoms with Crippen molar-refractivity contribution in [2.45, 2.75) is 26.2 Å². The van der Waals surface area contributed by atoms with Gasteiger partial charge < -0.3 is 9.73 Å². The smallest absolute Gasteiger partial charge is 0.288 e. The van der Waals surface area contributed by atoms with Crippen LogP contribution in [0.4, 0.5) is 11.4 Å².